The van der Waals surface area contributed by atoms with Crippen LogP contribution in [0.25, 0.3) is 0 Å². The second-order valence-corrected chi connectivity index (χ2v) is 27.6. The highest BCUT2D eigenvalue weighted by Gasteiger charge is 2.66. The molecule has 2 radical (unpaired) electrons. The molecule has 0 aromatic heterocycles. The number of nitrogens with two attached hydrogens (primary N) is 1. The lowest BCUT2D eigenvalue weighted by molar-refractivity contribution is -0.227. The number of carbonyl (C=O) groups is 2. The molecule has 434 valence electrons. The monoisotopic (exact) mass is 1070 g/mol. The average molecular weight is 1070 g/mol. The van der Waals surface area contributed by atoms with Crippen LogP contribution in [-0.2, 0) is 9.53 Å². The number of aliphatic hydroxyl groups excluding tert-OH is 3. The molecule has 0 aromatic carbocycles. The molecule has 0 spiro atoms. The highest BCUT2D eigenvalue weighted by molar-refractivity contribution is 6.12. The Morgan fingerprint density at radius 3 is 1.55 bits per heavy atom. The van der Waals surface area contributed by atoms with E-state index in [1.807, 2.05) is 47.9 Å². The second kappa shape index (κ2) is 30.2. The summed E-state index contributed by atoms with van der Waals surface area (Å²) in [5.74, 6) is 7.55. The van der Waals surface area contributed by atoms with Gasteiger partial charge in [-0.1, -0.05) is 90.9 Å². The molecule has 0 aromatic rings. The molecule has 4 bridgehead atoms. The summed E-state index contributed by atoms with van der Waals surface area (Å²) in [5, 5.41) is 46.3. The van der Waals surface area contributed by atoms with Gasteiger partial charge < -0.3 is 46.8 Å². The zero-order valence-corrected chi connectivity index (χ0v) is 51.0. The predicted molar refractivity (Wildman–Crippen MR) is 313 cm³/mol. The van der Waals surface area contributed by atoms with Crippen molar-refractivity contribution in [2.45, 2.75) is 266 Å². The van der Waals surface area contributed by atoms with Gasteiger partial charge in [-0.15, -0.1) is 12.4 Å². The minimum absolute atomic E-state index is 0. The van der Waals surface area contributed by atoms with E-state index in [0.717, 1.165) is 112 Å². The maximum Gasteiger partial charge on any atom is 0.407 e. The van der Waals surface area contributed by atoms with Crippen LogP contribution in [0.2, 0.25) is 5.82 Å². The Labute approximate surface area is 466 Å². The van der Waals surface area contributed by atoms with Crippen molar-refractivity contribution in [2.24, 2.45) is 81.7 Å². The minimum atomic E-state index is -0.649. The Balaban J connectivity index is 0.000000244. The lowest BCUT2D eigenvalue weighted by Gasteiger charge is -2.72. The molecule has 1 unspecified atom stereocenters. The van der Waals surface area contributed by atoms with Crippen LogP contribution in [0.15, 0.2) is 23.3 Å². The quantitative estimate of drug-likeness (QED) is 0.0973. The summed E-state index contributed by atoms with van der Waals surface area (Å²) < 4.78 is 5.17. The first-order chi connectivity index (χ1) is 34.5. The minimum Gasteiger partial charge on any atom is -0.481 e. The van der Waals surface area contributed by atoms with Crippen molar-refractivity contribution in [1.82, 2.24) is 16.0 Å². The molecule has 75 heavy (non-hydrogen) atoms. The van der Waals surface area contributed by atoms with Crippen LogP contribution in [0.4, 0.5) is 4.79 Å². The molecule has 0 heterocycles. The summed E-state index contributed by atoms with van der Waals surface area (Å²) in [7, 11) is 10.4. The molecule has 0 aliphatic heterocycles. The van der Waals surface area contributed by atoms with E-state index in [2.05, 4.69) is 84.3 Å². The fourth-order valence-electron chi connectivity index (χ4n) is 14.7. The number of carbonyl (C=O) groups excluding carboxylic acids is 1. The Hall–Kier alpha value is -1.67. The molecule has 13 heteroatoms. The molecule has 20 atom stereocenters. The third-order valence-corrected chi connectivity index (χ3v) is 20.9. The van der Waals surface area contributed by atoms with Crippen LogP contribution in [0.5, 0.6) is 0 Å². The van der Waals surface area contributed by atoms with Crippen molar-refractivity contribution in [2.75, 3.05) is 14.1 Å². The number of nitrogens with one attached hydrogen (secondary N) is 3. The van der Waals surface area contributed by atoms with Crippen LogP contribution in [0, 0.1) is 75.9 Å². The SMILES string of the molecule is CC1=CC[C@H](C(=O)O)CC1.CN[C@@H]1CC[C@H](C)[C@@H](O)C1.CN[C@H]1CC=C(C)CC1.C[C@@H]1CC[C@@H](N)C[C@H]1O.C[C@@H]1CC[C@@H](NC(=O)OC(C)(C)C)C[C@H]1O.Cl.[B][C@H]1C[C@H]2C[C@@H]([C@@H]1C)C2(C)[C@H]1C[C@H]2C[C@@H]([C@@H]1C)C2(C)C. The van der Waals surface area contributed by atoms with Gasteiger partial charge in [0.25, 0.3) is 0 Å². The van der Waals surface area contributed by atoms with Gasteiger partial charge in [0.15, 0.2) is 0 Å². The van der Waals surface area contributed by atoms with Gasteiger partial charge in [-0.3, -0.25) is 4.79 Å². The van der Waals surface area contributed by atoms with Crippen LogP contribution >= 0.6 is 12.4 Å². The lowest BCUT2D eigenvalue weighted by atomic mass is 9.32. The molecule has 1 amide bonds. The van der Waals surface area contributed by atoms with Gasteiger partial charge in [-0.05, 0) is 234 Å². The smallest absolute Gasteiger partial charge is 0.407 e. The second-order valence-electron chi connectivity index (χ2n) is 27.6. The summed E-state index contributed by atoms with van der Waals surface area (Å²) >= 11 is 0. The molecular weight excluding hydrogens is 959 g/mol. The number of carboxylic acids is 1. The third-order valence-electron chi connectivity index (χ3n) is 20.9. The first-order valence-corrected chi connectivity index (χ1v) is 29.9. The first-order valence-electron chi connectivity index (χ1n) is 29.9. The van der Waals surface area contributed by atoms with E-state index in [1.165, 1.54) is 56.9 Å². The number of aliphatic carboxylic acids is 1. The highest BCUT2D eigenvalue weighted by Crippen LogP contribution is 2.74. The molecule has 11 aliphatic carbocycles. The van der Waals surface area contributed by atoms with Crippen LogP contribution < -0.4 is 21.7 Å². The van der Waals surface area contributed by atoms with Crippen LogP contribution in [-0.4, -0.2) is 103 Å². The Morgan fingerprint density at radius 1 is 0.640 bits per heavy atom. The summed E-state index contributed by atoms with van der Waals surface area (Å²) in [6.07, 6.45) is 24.3. The van der Waals surface area contributed by atoms with Crippen molar-refractivity contribution < 1.29 is 34.8 Å². The number of halogens is 1. The topological polar surface area (TPSA) is 186 Å². The van der Waals surface area contributed by atoms with E-state index in [-0.39, 0.29) is 54.8 Å². The number of ether oxygens (including phenoxy) is 1. The van der Waals surface area contributed by atoms with E-state index in [0.29, 0.717) is 46.9 Å². The van der Waals surface area contributed by atoms with Crippen molar-refractivity contribution in [1.29, 1.82) is 0 Å². The summed E-state index contributed by atoms with van der Waals surface area (Å²) in [4.78, 5) is 21.9. The molecule has 11 aliphatic rings. The molecule has 9 fully saturated rings. The standard InChI is InChI=1S/C19H31B.C12H23NO3.C8H17NO.C8H15N.C8H12O2.C7H15NO.ClH/c1-10-14-6-12(18(14,3)4)7-15(10)19(5)13-8-16(19)11(2)17(20)9-13;1-8-5-6-9(7-10(8)14)13-11(15)16-12(2,3)4;1-6-3-4-7(9-2)5-8(6)10;1-7-3-5-8(9-2)6-4-7;1-6-2-4-7(5-3-6)8(9)10;1-5-2-3-6(8)4-7(5)9;/h10-17H,6-9H2,1-5H3;8-10,14H,5-7H2,1-4H3,(H,13,15);6-10H,3-5H2,1-2H3;3,8-9H,4-6H2,1-2H3;2,7H,3-5H2,1H3,(H,9,10);5-7,9H,2-4,8H2,1H3;1H/t10-,11-,12+,13+,14-,15-,16-,17-,19?;8-,9-,10-;6-,7+,8-;8-;7-;5-,6-,7-;/m010001./s1. The number of allylic oxidation sites excluding steroid dienone is 3. The van der Waals surface area contributed by atoms with Gasteiger partial charge in [0.1, 0.15) is 5.60 Å². The zero-order chi connectivity index (χ0) is 55.5. The van der Waals surface area contributed by atoms with Crippen molar-refractivity contribution in [3.05, 3.63) is 23.3 Å². The number of hydrogen-bond acceptors (Lipinski definition) is 9. The van der Waals surface area contributed by atoms with E-state index >= 15 is 0 Å². The van der Waals surface area contributed by atoms with Crippen molar-refractivity contribution >= 4 is 32.3 Å². The molecular formula is C62H114BClN4O7. The normalized spacial score (nSPS) is 41.2. The largest absolute Gasteiger partial charge is 0.481 e. The summed E-state index contributed by atoms with van der Waals surface area (Å²) in [6.45, 7) is 28.7. The van der Waals surface area contributed by atoms with E-state index < -0.39 is 11.6 Å². The molecule has 9 N–H and O–H groups in total. The fourth-order valence-corrected chi connectivity index (χ4v) is 14.7. The molecule has 9 saturated carbocycles. The van der Waals surface area contributed by atoms with Crippen molar-refractivity contribution in [3.63, 3.8) is 0 Å². The number of fused-ring (bicyclic) bond motifs is 5. The Morgan fingerprint density at radius 2 is 1.12 bits per heavy atom. The number of hydrogen-bond donors (Lipinski definition) is 8. The third kappa shape index (κ3) is 19.3. The van der Waals surface area contributed by atoms with E-state index in [1.54, 1.807) is 5.57 Å². The molecule has 0 saturated heterocycles. The number of aliphatic hydroxyl groups is 3. The number of amides is 1. The molecule has 11 rings (SSSR count). The maximum absolute atomic E-state index is 11.5. The van der Waals surface area contributed by atoms with Gasteiger partial charge in [-0.2, -0.15) is 0 Å². The van der Waals surface area contributed by atoms with Gasteiger partial charge in [0, 0.05) is 24.2 Å². The number of rotatable bonds is 5. The Kier molecular flexibility index (Phi) is 27.3. The lowest BCUT2D eigenvalue weighted by Crippen LogP contribution is -2.65. The maximum atomic E-state index is 11.5. The van der Waals surface area contributed by atoms with Crippen LogP contribution in [0.1, 0.15) is 212 Å². The van der Waals surface area contributed by atoms with Gasteiger partial charge in [0.05, 0.1) is 32.1 Å². The fraction of sp³-hybridized carbons (Fsp3) is 0.903. The van der Waals surface area contributed by atoms with Gasteiger partial charge in [0.2, 0.25) is 0 Å². The van der Waals surface area contributed by atoms with Crippen molar-refractivity contribution in [3.8, 4) is 0 Å². The first kappa shape index (κ1) is 67.6. The van der Waals surface area contributed by atoms with Crippen LogP contribution in [0.3, 0.4) is 0 Å². The van der Waals surface area contributed by atoms with Gasteiger partial charge >= 0.3 is 12.1 Å². The zero-order valence-electron chi connectivity index (χ0n) is 50.1. The molecule has 11 nitrogen and oxygen atoms in total. The summed E-state index contributed by atoms with van der Waals surface area (Å²) in [6, 6.07) is 1.58. The van der Waals surface area contributed by atoms with E-state index in [9.17, 15) is 24.9 Å². The Bertz CT molecular complexity index is 1800. The van der Waals surface area contributed by atoms with E-state index in [4.69, 9.17) is 23.4 Å². The average Bonchev–Trinajstić information content (AvgIpc) is 3.33. The van der Waals surface area contributed by atoms with Gasteiger partial charge in [-0.25, -0.2) is 4.79 Å². The highest BCUT2D eigenvalue weighted by atomic mass is 35.5. The predicted octanol–water partition coefficient (Wildman–Crippen LogP) is 12.2. The number of alkyl carbamates (subject to hydrolysis) is 1. The number of carboxylic acid groups (broad SMARTS) is 1. The summed E-state index contributed by atoms with van der Waals surface area (Å²) in [5.41, 5.74) is 9.31.